The highest BCUT2D eigenvalue weighted by molar-refractivity contribution is 7.89. The maximum absolute atomic E-state index is 14.1. The molecule has 0 bridgehead atoms. The van der Waals surface area contributed by atoms with Gasteiger partial charge < -0.3 is 10.0 Å². The number of anilines is 1. The Bertz CT molecular complexity index is 1370. The Morgan fingerprint density at radius 3 is 2.35 bits per heavy atom. The molecule has 2 aromatic rings. The van der Waals surface area contributed by atoms with E-state index in [1.807, 2.05) is 20.8 Å². The van der Waals surface area contributed by atoms with E-state index in [1.165, 1.54) is 18.5 Å². The van der Waals surface area contributed by atoms with Crippen LogP contribution in [0.3, 0.4) is 0 Å². The van der Waals surface area contributed by atoms with Crippen LogP contribution in [0.1, 0.15) is 93.6 Å². The van der Waals surface area contributed by atoms with Crippen molar-refractivity contribution in [2.45, 2.75) is 96.0 Å². The minimum atomic E-state index is -3.71. The normalized spacial score (nSPS) is 23.6. The molecule has 2 aromatic heterocycles. The molecular formula is C30H39N3O5S2. The van der Waals surface area contributed by atoms with Gasteiger partial charge in [0.15, 0.2) is 0 Å². The van der Waals surface area contributed by atoms with Gasteiger partial charge in [0, 0.05) is 35.8 Å². The van der Waals surface area contributed by atoms with E-state index in [9.17, 15) is 23.1 Å². The molecule has 8 nitrogen and oxygen atoms in total. The third-order valence-corrected chi connectivity index (χ3v) is 10.2. The first-order valence-corrected chi connectivity index (χ1v) is 16.3. The SMILES string of the molecule is CC(C)(C)C#Cc1cc(N(C(=O)[C@H]2CC[C@H](C)CC2)C2CCC(NS(=O)(=O)c3cccnc3)CC2)c(C(=O)O)s1. The first-order chi connectivity index (χ1) is 18.8. The number of pyridine rings is 1. The summed E-state index contributed by atoms with van der Waals surface area (Å²) in [4.78, 5) is 32.9. The lowest BCUT2D eigenvalue weighted by Gasteiger charge is -2.39. The van der Waals surface area contributed by atoms with Crippen molar-refractivity contribution in [3.63, 3.8) is 0 Å². The van der Waals surface area contributed by atoms with Gasteiger partial charge in [0.25, 0.3) is 0 Å². The van der Waals surface area contributed by atoms with Crippen LogP contribution in [0.2, 0.25) is 0 Å². The summed E-state index contributed by atoms with van der Waals surface area (Å²) < 4.78 is 28.5. The Morgan fingerprint density at radius 1 is 1.10 bits per heavy atom. The number of amides is 1. The molecule has 0 spiro atoms. The molecule has 0 unspecified atom stereocenters. The Kier molecular flexibility index (Phi) is 9.38. The van der Waals surface area contributed by atoms with E-state index in [1.54, 1.807) is 17.0 Å². The first-order valence-electron chi connectivity index (χ1n) is 14.0. The quantitative estimate of drug-likeness (QED) is 0.404. The molecule has 216 valence electrons. The maximum atomic E-state index is 14.1. The molecule has 0 atom stereocenters. The number of aromatic nitrogens is 1. The molecule has 4 rings (SSSR count). The summed E-state index contributed by atoms with van der Waals surface area (Å²) in [6.07, 6.45) is 8.59. The molecule has 0 aliphatic heterocycles. The van der Waals surface area contributed by atoms with Gasteiger partial charge in [-0.05, 0) is 96.3 Å². The fourth-order valence-corrected chi connectivity index (χ4v) is 7.58. The zero-order valence-corrected chi connectivity index (χ0v) is 25.3. The average Bonchev–Trinajstić information content (AvgIpc) is 3.33. The van der Waals surface area contributed by atoms with Crippen LogP contribution in [0.15, 0.2) is 35.5 Å². The Morgan fingerprint density at radius 2 is 1.77 bits per heavy atom. The summed E-state index contributed by atoms with van der Waals surface area (Å²) in [6.45, 7) is 8.18. The Labute approximate surface area is 241 Å². The van der Waals surface area contributed by atoms with Crippen molar-refractivity contribution in [2.24, 2.45) is 17.3 Å². The number of sulfonamides is 1. The summed E-state index contributed by atoms with van der Waals surface area (Å²) in [5.41, 5.74) is 0.169. The van der Waals surface area contributed by atoms with Crippen LogP contribution in [0.4, 0.5) is 5.69 Å². The predicted molar refractivity (Wildman–Crippen MR) is 157 cm³/mol. The number of aromatic carboxylic acids is 1. The molecule has 0 aromatic carbocycles. The van der Waals surface area contributed by atoms with Gasteiger partial charge in [-0.25, -0.2) is 17.9 Å². The van der Waals surface area contributed by atoms with E-state index in [0.717, 1.165) is 37.0 Å². The predicted octanol–water partition coefficient (Wildman–Crippen LogP) is 5.69. The first kappa shape index (κ1) is 30.2. The number of thiophene rings is 1. The van der Waals surface area contributed by atoms with Gasteiger partial charge in [-0.15, -0.1) is 11.3 Å². The van der Waals surface area contributed by atoms with Gasteiger partial charge in [-0.3, -0.25) is 9.78 Å². The number of nitrogens with zero attached hydrogens (tertiary/aromatic N) is 2. The number of hydrogen-bond donors (Lipinski definition) is 2. The minimum absolute atomic E-state index is 0.0260. The van der Waals surface area contributed by atoms with Gasteiger partial charge >= 0.3 is 5.97 Å². The number of nitrogens with one attached hydrogen (secondary N) is 1. The highest BCUT2D eigenvalue weighted by atomic mass is 32.2. The zero-order chi connectivity index (χ0) is 29.1. The van der Waals surface area contributed by atoms with Crippen molar-refractivity contribution in [3.8, 4) is 11.8 Å². The number of carboxylic acids is 1. The summed E-state index contributed by atoms with van der Waals surface area (Å²) in [7, 11) is -3.71. The van der Waals surface area contributed by atoms with Crippen molar-refractivity contribution in [1.29, 1.82) is 0 Å². The van der Waals surface area contributed by atoms with Crippen molar-refractivity contribution < 1.29 is 23.1 Å². The largest absolute Gasteiger partial charge is 0.477 e. The van der Waals surface area contributed by atoms with Crippen LogP contribution in [-0.4, -0.2) is 42.5 Å². The standard InChI is InChI=1S/C30H39N3O5S2/c1-20-7-9-21(10-8-20)28(34)33(26-18-24(15-16-30(2,3)4)39-27(26)29(35)36)23-13-11-22(12-14-23)32-40(37,38)25-6-5-17-31-19-25/h5-6,17-23,32H,7-14H2,1-4H3,(H,35,36)/t20-,21-,22?,23?. The van der Waals surface area contributed by atoms with E-state index in [0.29, 0.717) is 42.2 Å². The van der Waals surface area contributed by atoms with Crippen molar-refractivity contribution >= 4 is 38.9 Å². The number of carbonyl (C=O) groups excluding carboxylic acids is 1. The second kappa shape index (κ2) is 12.4. The third-order valence-electron chi connectivity index (χ3n) is 7.66. The van der Waals surface area contributed by atoms with E-state index < -0.39 is 16.0 Å². The van der Waals surface area contributed by atoms with Crippen molar-refractivity contribution in [2.75, 3.05) is 4.90 Å². The lowest BCUT2D eigenvalue weighted by atomic mass is 9.81. The highest BCUT2D eigenvalue weighted by Gasteiger charge is 2.38. The topological polar surface area (TPSA) is 117 Å². The van der Waals surface area contributed by atoms with Gasteiger partial charge in [-0.2, -0.15) is 0 Å². The van der Waals surface area contributed by atoms with Crippen LogP contribution >= 0.6 is 11.3 Å². The minimum Gasteiger partial charge on any atom is -0.477 e. The summed E-state index contributed by atoms with van der Waals surface area (Å²) in [6, 6.07) is 4.36. The van der Waals surface area contributed by atoms with Crippen LogP contribution in [0.5, 0.6) is 0 Å². The molecule has 40 heavy (non-hydrogen) atoms. The van der Waals surface area contributed by atoms with Crippen LogP contribution < -0.4 is 9.62 Å². The molecule has 2 aliphatic carbocycles. The summed E-state index contributed by atoms with van der Waals surface area (Å²) in [5, 5.41) is 10.1. The zero-order valence-electron chi connectivity index (χ0n) is 23.6. The van der Waals surface area contributed by atoms with Gasteiger partial charge in [0.2, 0.25) is 15.9 Å². The second-order valence-electron chi connectivity index (χ2n) is 12.1. The molecule has 0 radical (unpaired) electrons. The Balaban J connectivity index is 1.60. The van der Waals surface area contributed by atoms with Crippen molar-refractivity contribution in [3.05, 3.63) is 40.3 Å². The summed E-state index contributed by atoms with van der Waals surface area (Å²) in [5.74, 6) is 5.62. The molecule has 1 amide bonds. The van der Waals surface area contributed by atoms with E-state index in [2.05, 4.69) is 28.5 Å². The monoisotopic (exact) mass is 585 g/mol. The molecule has 0 saturated heterocycles. The molecule has 2 heterocycles. The van der Waals surface area contributed by atoms with Crippen LogP contribution in [0.25, 0.3) is 0 Å². The number of carbonyl (C=O) groups is 2. The third kappa shape index (κ3) is 7.50. The van der Waals surface area contributed by atoms with Crippen LogP contribution in [-0.2, 0) is 14.8 Å². The molecule has 10 heteroatoms. The van der Waals surface area contributed by atoms with Gasteiger partial charge in [0.05, 0.1) is 10.6 Å². The van der Waals surface area contributed by atoms with E-state index >= 15 is 0 Å². The highest BCUT2D eigenvalue weighted by Crippen LogP contribution is 2.39. The Hall–Kier alpha value is -2.74. The lowest BCUT2D eigenvalue weighted by molar-refractivity contribution is -0.124. The van der Waals surface area contributed by atoms with Gasteiger partial charge in [-0.1, -0.05) is 18.8 Å². The molecular weight excluding hydrogens is 546 g/mol. The molecule has 2 saturated carbocycles. The fraction of sp³-hybridized carbons (Fsp3) is 0.567. The smallest absolute Gasteiger partial charge is 0.348 e. The summed E-state index contributed by atoms with van der Waals surface area (Å²) >= 11 is 1.11. The average molecular weight is 586 g/mol. The lowest BCUT2D eigenvalue weighted by Crippen LogP contribution is -2.49. The number of rotatable bonds is 7. The molecule has 2 N–H and O–H groups in total. The van der Waals surface area contributed by atoms with Crippen LogP contribution in [0, 0.1) is 29.1 Å². The number of carboxylic acid groups (broad SMARTS) is 1. The van der Waals surface area contributed by atoms with Gasteiger partial charge in [0.1, 0.15) is 9.77 Å². The molecule has 2 aliphatic rings. The number of hydrogen-bond acceptors (Lipinski definition) is 6. The van der Waals surface area contributed by atoms with E-state index in [4.69, 9.17) is 0 Å². The van der Waals surface area contributed by atoms with Crippen molar-refractivity contribution in [1.82, 2.24) is 9.71 Å². The maximum Gasteiger partial charge on any atom is 0.348 e. The molecule has 2 fully saturated rings. The van der Waals surface area contributed by atoms with E-state index in [-0.39, 0.29) is 39.1 Å². The fourth-order valence-electron chi connectivity index (χ4n) is 5.47. The second-order valence-corrected chi connectivity index (χ2v) is 14.9.